The Bertz CT molecular complexity index is 134. The second-order valence-corrected chi connectivity index (χ2v) is 4.35. The second kappa shape index (κ2) is 8.08. The van der Waals surface area contributed by atoms with Gasteiger partial charge in [-0.05, 0) is 39.5 Å². The molecule has 4 unspecified atom stereocenters. The number of hydrogen-bond acceptors (Lipinski definition) is 3. The lowest BCUT2D eigenvalue weighted by Crippen LogP contribution is -2.25. The van der Waals surface area contributed by atoms with Crippen LogP contribution in [0, 0.1) is 0 Å². The van der Waals surface area contributed by atoms with Crippen LogP contribution in [0.5, 0.6) is 0 Å². The first-order chi connectivity index (χ1) is 6.99. The number of hydrogen-bond donors (Lipinski definition) is 2. The molecule has 0 aliphatic rings. The van der Waals surface area contributed by atoms with E-state index in [0.29, 0.717) is 12.8 Å². The molecule has 0 aromatic carbocycles. The molecule has 0 aliphatic heterocycles. The van der Waals surface area contributed by atoms with Crippen LogP contribution in [-0.2, 0) is 4.74 Å². The molecule has 92 valence electrons. The molecule has 0 aromatic rings. The fourth-order valence-corrected chi connectivity index (χ4v) is 1.61. The summed E-state index contributed by atoms with van der Waals surface area (Å²) in [6.45, 7) is 7.85. The fourth-order valence-electron chi connectivity index (χ4n) is 1.61. The molecule has 0 saturated heterocycles. The van der Waals surface area contributed by atoms with Gasteiger partial charge in [0.25, 0.3) is 0 Å². The minimum Gasteiger partial charge on any atom is -0.393 e. The molecule has 0 bridgehead atoms. The number of rotatable bonds is 8. The highest BCUT2D eigenvalue weighted by Gasteiger charge is 2.14. The zero-order chi connectivity index (χ0) is 11.8. The number of ether oxygens (including phenoxy) is 1. The maximum Gasteiger partial charge on any atom is 0.0575 e. The SMILES string of the molecule is CCC(O)CC(C)OC(C)CC(O)CC. The van der Waals surface area contributed by atoms with Crippen LogP contribution in [0.4, 0.5) is 0 Å². The maximum absolute atomic E-state index is 9.44. The Morgan fingerprint density at radius 1 is 0.867 bits per heavy atom. The monoisotopic (exact) mass is 218 g/mol. The van der Waals surface area contributed by atoms with Gasteiger partial charge < -0.3 is 14.9 Å². The van der Waals surface area contributed by atoms with Crippen LogP contribution in [0.2, 0.25) is 0 Å². The van der Waals surface area contributed by atoms with Crippen LogP contribution in [0.25, 0.3) is 0 Å². The van der Waals surface area contributed by atoms with Gasteiger partial charge in [-0.1, -0.05) is 13.8 Å². The summed E-state index contributed by atoms with van der Waals surface area (Å²) in [6.07, 6.45) is 2.43. The topological polar surface area (TPSA) is 49.7 Å². The largest absolute Gasteiger partial charge is 0.393 e. The fraction of sp³-hybridized carbons (Fsp3) is 1.00. The third-order valence-electron chi connectivity index (χ3n) is 2.62. The lowest BCUT2D eigenvalue weighted by Gasteiger charge is -2.22. The molecule has 0 rings (SSSR count). The Kier molecular flexibility index (Phi) is 8.02. The summed E-state index contributed by atoms with van der Waals surface area (Å²) in [5, 5.41) is 18.9. The molecule has 0 saturated carbocycles. The van der Waals surface area contributed by atoms with Gasteiger partial charge in [-0.15, -0.1) is 0 Å². The third kappa shape index (κ3) is 7.77. The van der Waals surface area contributed by atoms with Crippen LogP contribution < -0.4 is 0 Å². The molecular weight excluding hydrogens is 192 g/mol. The van der Waals surface area contributed by atoms with Gasteiger partial charge in [-0.25, -0.2) is 0 Å². The molecule has 4 atom stereocenters. The van der Waals surface area contributed by atoms with Crippen LogP contribution in [0.3, 0.4) is 0 Å². The summed E-state index contributed by atoms with van der Waals surface area (Å²) in [7, 11) is 0. The van der Waals surface area contributed by atoms with Crippen molar-refractivity contribution in [2.24, 2.45) is 0 Å². The van der Waals surface area contributed by atoms with E-state index in [1.165, 1.54) is 0 Å². The Hall–Kier alpha value is -0.120. The molecule has 0 aromatic heterocycles. The summed E-state index contributed by atoms with van der Waals surface area (Å²) in [6, 6.07) is 0. The van der Waals surface area contributed by atoms with Gasteiger partial charge >= 0.3 is 0 Å². The second-order valence-electron chi connectivity index (χ2n) is 4.35. The van der Waals surface area contributed by atoms with Crippen molar-refractivity contribution >= 4 is 0 Å². The number of aliphatic hydroxyl groups excluding tert-OH is 2. The van der Waals surface area contributed by atoms with Gasteiger partial charge in [0.1, 0.15) is 0 Å². The highest BCUT2D eigenvalue weighted by Crippen LogP contribution is 2.12. The normalized spacial score (nSPS) is 19.6. The quantitative estimate of drug-likeness (QED) is 0.656. The molecule has 0 amide bonds. The van der Waals surface area contributed by atoms with Crippen LogP contribution in [0.15, 0.2) is 0 Å². The van der Waals surface area contributed by atoms with Gasteiger partial charge in [-0.2, -0.15) is 0 Å². The Morgan fingerprint density at radius 2 is 1.20 bits per heavy atom. The molecule has 3 heteroatoms. The van der Waals surface area contributed by atoms with Crippen molar-refractivity contribution < 1.29 is 14.9 Å². The Balaban J connectivity index is 3.70. The molecule has 15 heavy (non-hydrogen) atoms. The summed E-state index contributed by atoms with van der Waals surface area (Å²) in [4.78, 5) is 0. The molecule has 0 fully saturated rings. The van der Waals surface area contributed by atoms with Gasteiger partial charge in [0.15, 0.2) is 0 Å². The highest BCUT2D eigenvalue weighted by atomic mass is 16.5. The predicted molar refractivity (Wildman–Crippen MR) is 61.8 cm³/mol. The van der Waals surface area contributed by atoms with E-state index < -0.39 is 0 Å². The zero-order valence-corrected chi connectivity index (χ0v) is 10.4. The van der Waals surface area contributed by atoms with Crippen molar-refractivity contribution in [3.05, 3.63) is 0 Å². The molecule has 0 radical (unpaired) electrons. The van der Waals surface area contributed by atoms with E-state index in [2.05, 4.69) is 0 Å². The average molecular weight is 218 g/mol. The van der Waals surface area contributed by atoms with E-state index in [0.717, 1.165) is 12.8 Å². The van der Waals surface area contributed by atoms with Crippen LogP contribution in [-0.4, -0.2) is 34.6 Å². The molecule has 0 aliphatic carbocycles. The minimum absolute atomic E-state index is 0.0546. The van der Waals surface area contributed by atoms with Crippen molar-refractivity contribution in [1.29, 1.82) is 0 Å². The van der Waals surface area contributed by atoms with E-state index in [-0.39, 0.29) is 24.4 Å². The highest BCUT2D eigenvalue weighted by molar-refractivity contribution is 4.64. The van der Waals surface area contributed by atoms with E-state index in [4.69, 9.17) is 4.74 Å². The lowest BCUT2D eigenvalue weighted by atomic mass is 10.1. The molecule has 0 spiro atoms. The summed E-state index contributed by atoms with van der Waals surface area (Å²) in [5.74, 6) is 0. The zero-order valence-electron chi connectivity index (χ0n) is 10.4. The lowest BCUT2D eigenvalue weighted by molar-refractivity contribution is -0.0380. The Labute approximate surface area is 93.5 Å². The summed E-state index contributed by atoms with van der Waals surface area (Å²) < 4.78 is 5.68. The first-order valence-corrected chi connectivity index (χ1v) is 6.01. The first-order valence-electron chi connectivity index (χ1n) is 6.01. The smallest absolute Gasteiger partial charge is 0.0575 e. The van der Waals surface area contributed by atoms with Gasteiger partial charge in [0, 0.05) is 0 Å². The number of aliphatic hydroxyl groups is 2. The van der Waals surface area contributed by atoms with Crippen molar-refractivity contribution in [1.82, 2.24) is 0 Å². The third-order valence-corrected chi connectivity index (χ3v) is 2.62. The molecule has 0 heterocycles. The molecule has 3 nitrogen and oxygen atoms in total. The maximum atomic E-state index is 9.44. The predicted octanol–water partition coefficient (Wildman–Crippen LogP) is 2.10. The molecule has 2 N–H and O–H groups in total. The summed E-state index contributed by atoms with van der Waals surface area (Å²) in [5.41, 5.74) is 0. The average Bonchev–Trinajstić information content (AvgIpc) is 2.16. The van der Waals surface area contributed by atoms with E-state index in [9.17, 15) is 10.2 Å². The Morgan fingerprint density at radius 3 is 1.47 bits per heavy atom. The first kappa shape index (κ1) is 14.9. The van der Waals surface area contributed by atoms with Crippen molar-refractivity contribution in [2.45, 2.75) is 77.8 Å². The van der Waals surface area contributed by atoms with E-state index in [1.807, 2.05) is 27.7 Å². The molecular formula is C12H26O3. The van der Waals surface area contributed by atoms with Gasteiger partial charge in [0.05, 0.1) is 24.4 Å². The van der Waals surface area contributed by atoms with E-state index in [1.54, 1.807) is 0 Å². The van der Waals surface area contributed by atoms with Gasteiger partial charge in [-0.3, -0.25) is 0 Å². The minimum atomic E-state index is -0.275. The van der Waals surface area contributed by atoms with Crippen molar-refractivity contribution in [2.75, 3.05) is 0 Å². The summed E-state index contributed by atoms with van der Waals surface area (Å²) >= 11 is 0. The van der Waals surface area contributed by atoms with E-state index >= 15 is 0 Å². The van der Waals surface area contributed by atoms with Crippen LogP contribution in [0.1, 0.15) is 53.4 Å². The van der Waals surface area contributed by atoms with Crippen LogP contribution >= 0.6 is 0 Å². The standard InChI is InChI=1S/C12H26O3/c1-5-11(13)7-9(3)15-10(4)8-12(14)6-2/h9-14H,5-8H2,1-4H3. The van der Waals surface area contributed by atoms with Gasteiger partial charge in [0.2, 0.25) is 0 Å². The van der Waals surface area contributed by atoms with Crippen molar-refractivity contribution in [3.63, 3.8) is 0 Å². The van der Waals surface area contributed by atoms with Crippen molar-refractivity contribution in [3.8, 4) is 0 Å².